The van der Waals surface area contributed by atoms with Crippen molar-refractivity contribution in [2.24, 2.45) is 5.92 Å². The zero-order valence-corrected chi connectivity index (χ0v) is 18.4. The van der Waals surface area contributed by atoms with E-state index < -0.39 is 0 Å². The minimum absolute atomic E-state index is 0.0425. The van der Waals surface area contributed by atoms with Crippen molar-refractivity contribution in [1.82, 2.24) is 24.6 Å². The molecule has 8 heteroatoms. The summed E-state index contributed by atoms with van der Waals surface area (Å²) in [5.74, 6) is 0.929. The van der Waals surface area contributed by atoms with Gasteiger partial charge in [-0.2, -0.15) is 10.4 Å². The van der Waals surface area contributed by atoms with Gasteiger partial charge in [0.25, 0.3) is 5.91 Å². The molecule has 2 heterocycles. The van der Waals surface area contributed by atoms with Gasteiger partial charge in [-0.25, -0.2) is 9.97 Å². The van der Waals surface area contributed by atoms with E-state index in [1.165, 1.54) is 12.8 Å². The highest BCUT2D eigenvalue weighted by Crippen LogP contribution is 2.36. The summed E-state index contributed by atoms with van der Waals surface area (Å²) in [7, 11) is 3.46. The van der Waals surface area contributed by atoms with Crippen LogP contribution >= 0.6 is 0 Å². The molecule has 1 saturated carbocycles. The number of rotatable bonds is 7. The quantitative estimate of drug-likeness (QED) is 0.596. The van der Waals surface area contributed by atoms with Crippen molar-refractivity contribution in [3.8, 4) is 17.3 Å². The van der Waals surface area contributed by atoms with Crippen molar-refractivity contribution in [2.45, 2.75) is 38.1 Å². The Balaban J connectivity index is 1.50. The van der Waals surface area contributed by atoms with Crippen LogP contribution in [0.15, 0.2) is 48.9 Å². The summed E-state index contributed by atoms with van der Waals surface area (Å²) in [5, 5.41) is 17.0. The van der Waals surface area contributed by atoms with Crippen LogP contribution < -0.4 is 5.32 Å². The van der Waals surface area contributed by atoms with E-state index in [0.717, 1.165) is 29.8 Å². The number of nitriles is 1. The summed E-state index contributed by atoms with van der Waals surface area (Å²) >= 11 is 0. The number of carbonyl (C=O) groups is 1. The van der Waals surface area contributed by atoms with Crippen molar-refractivity contribution < 1.29 is 4.79 Å². The van der Waals surface area contributed by atoms with Crippen LogP contribution in [0.5, 0.6) is 0 Å². The first-order valence-electron chi connectivity index (χ1n) is 10.9. The van der Waals surface area contributed by atoms with Crippen molar-refractivity contribution >= 4 is 17.5 Å². The highest BCUT2D eigenvalue weighted by atomic mass is 16.2. The Morgan fingerprint density at radius 2 is 2.00 bits per heavy atom. The number of hydrogen-bond donors (Lipinski definition) is 1. The second-order valence-corrected chi connectivity index (χ2v) is 8.35. The van der Waals surface area contributed by atoms with Crippen LogP contribution in [0.2, 0.25) is 0 Å². The molecule has 1 amide bonds. The maximum Gasteiger partial charge on any atom is 0.253 e. The van der Waals surface area contributed by atoms with Gasteiger partial charge in [-0.15, -0.1) is 0 Å². The molecule has 0 bridgehead atoms. The van der Waals surface area contributed by atoms with Crippen molar-refractivity contribution in [3.05, 3.63) is 54.5 Å². The molecule has 0 saturated heterocycles. The Morgan fingerprint density at radius 1 is 1.25 bits per heavy atom. The Labute approximate surface area is 187 Å². The highest BCUT2D eigenvalue weighted by Gasteiger charge is 2.27. The summed E-state index contributed by atoms with van der Waals surface area (Å²) < 4.78 is 1.93. The molecule has 1 unspecified atom stereocenters. The van der Waals surface area contributed by atoms with Crippen LogP contribution in [0, 0.1) is 17.2 Å². The molecule has 1 aliphatic rings. The second kappa shape index (κ2) is 9.60. The molecule has 1 aliphatic carbocycles. The molecular weight excluding hydrogens is 402 g/mol. The first kappa shape index (κ1) is 21.5. The van der Waals surface area contributed by atoms with Gasteiger partial charge < -0.3 is 10.2 Å². The van der Waals surface area contributed by atoms with Crippen molar-refractivity contribution in [3.63, 3.8) is 0 Å². The van der Waals surface area contributed by atoms with Gasteiger partial charge in [0.2, 0.25) is 5.95 Å². The third-order valence-electron chi connectivity index (χ3n) is 5.93. The molecule has 0 spiro atoms. The lowest BCUT2D eigenvalue weighted by Crippen LogP contribution is -2.21. The predicted octanol–water partition coefficient (Wildman–Crippen LogP) is 4.43. The molecule has 164 valence electrons. The number of benzene rings is 1. The minimum atomic E-state index is -0.0425. The van der Waals surface area contributed by atoms with Gasteiger partial charge in [0.1, 0.15) is 0 Å². The van der Waals surface area contributed by atoms with E-state index in [0.29, 0.717) is 23.9 Å². The van der Waals surface area contributed by atoms with Crippen LogP contribution in [0.4, 0.5) is 11.6 Å². The van der Waals surface area contributed by atoms with E-state index in [1.54, 1.807) is 43.5 Å². The summed E-state index contributed by atoms with van der Waals surface area (Å²) in [6.45, 7) is 0. The fraction of sp³-hybridized carbons (Fsp3) is 0.375. The summed E-state index contributed by atoms with van der Waals surface area (Å²) in [6.07, 6.45) is 10.7. The lowest BCUT2D eigenvalue weighted by atomic mass is 9.96. The van der Waals surface area contributed by atoms with Gasteiger partial charge in [-0.05, 0) is 49.1 Å². The lowest BCUT2D eigenvalue weighted by molar-refractivity contribution is 0.0827. The van der Waals surface area contributed by atoms with Gasteiger partial charge in [0, 0.05) is 43.3 Å². The number of amides is 1. The molecule has 8 nitrogen and oxygen atoms in total. The van der Waals surface area contributed by atoms with Gasteiger partial charge >= 0.3 is 0 Å². The molecule has 0 aliphatic heterocycles. The van der Waals surface area contributed by atoms with Gasteiger partial charge in [0.15, 0.2) is 0 Å². The second-order valence-electron chi connectivity index (χ2n) is 8.35. The fourth-order valence-electron chi connectivity index (χ4n) is 4.23. The topological polar surface area (TPSA) is 99.7 Å². The summed E-state index contributed by atoms with van der Waals surface area (Å²) in [6, 6.07) is 11.5. The van der Waals surface area contributed by atoms with E-state index in [4.69, 9.17) is 0 Å². The summed E-state index contributed by atoms with van der Waals surface area (Å²) in [5.41, 5.74) is 3.07. The van der Waals surface area contributed by atoms with Gasteiger partial charge in [-0.1, -0.05) is 12.8 Å². The first-order chi connectivity index (χ1) is 15.5. The van der Waals surface area contributed by atoms with Crippen molar-refractivity contribution in [1.29, 1.82) is 5.26 Å². The highest BCUT2D eigenvalue weighted by molar-refractivity contribution is 5.94. The van der Waals surface area contributed by atoms with E-state index in [-0.39, 0.29) is 11.9 Å². The van der Waals surface area contributed by atoms with Crippen LogP contribution in [0.25, 0.3) is 11.3 Å². The van der Waals surface area contributed by atoms with Gasteiger partial charge in [0.05, 0.1) is 30.4 Å². The monoisotopic (exact) mass is 429 g/mol. The van der Waals surface area contributed by atoms with Crippen LogP contribution in [-0.4, -0.2) is 44.7 Å². The summed E-state index contributed by atoms with van der Waals surface area (Å²) in [4.78, 5) is 22.5. The molecule has 0 radical (unpaired) electrons. The Hall–Kier alpha value is -3.73. The molecule has 32 heavy (non-hydrogen) atoms. The average Bonchev–Trinajstić information content (AvgIpc) is 3.50. The third-order valence-corrected chi connectivity index (χ3v) is 5.93. The number of hydrogen-bond acceptors (Lipinski definition) is 6. The third kappa shape index (κ3) is 4.78. The van der Waals surface area contributed by atoms with E-state index in [2.05, 4.69) is 26.5 Å². The molecule has 1 fully saturated rings. The Kier molecular flexibility index (Phi) is 6.45. The number of anilines is 2. The molecule has 1 aromatic carbocycles. The normalized spacial score (nSPS) is 14.7. The molecule has 3 aromatic rings. The Morgan fingerprint density at radius 3 is 2.69 bits per heavy atom. The molecule has 1 atom stereocenters. The smallest absolute Gasteiger partial charge is 0.253 e. The van der Waals surface area contributed by atoms with Crippen LogP contribution in [0.3, 0.4) is 0 Å². The number of carbonyl (C=O) groups excluding carboxylic acids is 1. The van der Waals surface area contributed by atoms with Gasteiger partial charge in [-0.3, -0.25) is 9.48 Å². The van der Waals surface area contributed by atoms with E-state index >= 15 is 0 Å². The predicted molar refractivity (Wildman–Crippen MR) is 122 cm³/mol. The number of aromatic nitrogens is 4. The first-order valence-corrected chi connectivity index (χ1v) is 10.9. The largest absolute Gasteiger partial charge is 0.345 e. The SMILES string of the molecule is CN(C)C(=O)c1ccc(Nc2nccc(-c3cnn(C(CC#N)C4CCCC4)c3)n2)cc1. The molecule has 2 aromatic heterocycles. The molecular formula is C24H27N7O. The zero-order chi connectivity index (χ0) is 22.5. The number of nitrogens with zero attached hydrogens (tertiary/aromatic N) is 6. The molecule has 4 rings (SSSR count). The maximum atomic E-state index is 12.0. The average molecular weight is 430 g/mol. The maximum absolute atomic E-state index is 12.0. The Bertz CT molecular complexity index is 1110. The van der Waals surface area contributed by atoms with Crippen LogP contribution in [0.1, 0.15) is 48.5 Å². The standard InChI is InChI=1S/C24H27N7O/c1-30(2)23(32)18-7-9-20(10-8-18)28-24-26-14-12-21(29-24)19-15-27-31(16-19)22(11-13-25)17-5-3-4-6-17/h7-10,12,14-17,22H,3-6,11H2,1-2H3,(H,26,28,29). The zero-order valence-electron chi connectivity index (χ0n) is 18.4. The lowest BCUT2D eigenvalue weighted by Gasteiger charge is -2.21. The number of nitrogens with one attached hydrogen (secondary N) is 1. The minimum Gasteiger partial charge on any atom is -0.345 e. The van der Waals surface area contributed by atoms with E-state index in [9.17, 15) is 10.1 Å². The fourth-order valence-corrected chi connectivity index (χ4v) is 4.23. The molecule has 1 N–H and O–H groups in total. The van der Waals surface area contributed by atoms with Crippen molar-refractivity contribution in [2.75, 3.05) is 19.4 Å². The van der Waals surface area contributed by atoms with E-state index in [1.807, 2.05) is 29.1 Å². The van der Waals surface area contributed by atoms with Crippen LogP contribution in [-0.2, 0) is 0 Å².